The molecule has 10 aromatic rings. The quantitative estimate of drug-likeness (QED) is 0.180. The summed E-state index contributed by atoms with van der Waals surface area (Å²) in [6.07, 6.45) is 5.03. The van der Waals surface area contributed by atoms with Crippen molar-refractivity contribution < 1.29 is 9.15 Å². The molecule has 4 heterocycles. The summed E-state index contributed by atoms with van der Waals surface area (Å²) >= 11 is 0. The third kappa shape index (κ3) is 6.70. The molecule has 1 aliphatic carbocycles. The van der Waals surface area contributed by atoms with Crippen molar-refractivity contribution in [3.63, 3.8) is 0 Å². The Bertz CT molecular complexity index is 2820. The highest BCUT2D eigenvalue weighted by Gasteiger charge is 2.40. The van der Waals surface area contributed by atoms with E-state index in [0.717, 1.165) is 47.3 Å². The van der Waals surface area contributed by atoms with Crippen LogP contribution in [0.1, 0.15) is 36.8 Å². The van der Waals surface area contributed by atoms with Crippen molar-refractivity contribution in [1.29, 1.82) is 0 Å². The largest absolute Gasteiger partial charge is 0.489 e. The fourth-order valence-electron chi connectivity index (χ4n) is 8.64. The van der Waals surface area contributed by atoms with Crippen LogP contribution in [-0.2, 0) is 0 Å². The SMILES string of the molecule is c1ccc(-c2ncnc(-c3ccc4c(c3)OC3CC(n5c6ccccc6c6ccccc65)CCC43)n2)cc1.c1ccc2c(c1)oc1ccccc12.c1ccccc1. The molecule has 276 valence electrons. The van der Waals surface area contributed by atoms with E-state index in [4.69, 9.17) is 14.1 Å². The van der Waals surface area contributed by atoms with Crippen LogP contribution >= 0.6 is 0 Å². The molecule has 6 heteroatoms. The molecule has 12 rings (SSSR count). The Labute approximate surface area is 331 Å². The first-order valence-electron chi connectivity index (χ1n) is 19.7. The van der Waals surface area contributed by atoms with Gasteiger partial charge in [-0.25, -0.2) is 15.0 Å². The van der Waals surface area contributed by atoms with Crippen LogP contribution in [0.3, 0.4) is 0 Å². The van der Waals surface area contributed by atoms with Gasteiger partial charge in [0.15, 0.2) is 11.6 Å². The van der Waals surface area contributed by atoms with Crippen LogP contribution in [0.2, 0.25) is 0 Å². The standard InChI is InChI=1S/C33H26N4O.C12H8O.C6H6/c1-2-8-21(9-3-1)32-34-20-35-33(36-32)22-14-16-26-27-17-15-23(19-31(27)38-30(26)18-22)37-28-12-6-4-10-24(28)25-11-5-7-13-29(25)37;1-3-7-11-9(5-1)10-6-2-4-8-12(10)13-11;1-2-4-6-5-3-1/h1-14,16,18,20,23,27,31H,15,17,19H2;1-8H;1-6H. The topological polar surface area (TPSA) is 66.0 Å². The zero-order chi connectivity index (χ0) is 38.0. The second-order valence-electron chi connectivity index (χ2n) is 14.6. The minimum absolute atomic E-state index is 0.178. The van der Waals surface area contributed by atoms with Crippen LogP contribution in [-0.4, -0.2) is 25.6 Å². The van der Waals surface area contributed by atoms with E-state index in [2.05, 4.69) is 93.4 Å². The minimum atomic E-state index is 0.178. The molecule has 3 atom stereocenters. The summed E-state index contributed by atoms with van der Waals surface area (Å²) in [6.45, 7) is 0. The lowest BCUT2D eigenvalue weighted by atomic mass is 9.80. The average Bonchev–Trinajstić information content (AvgIpc) is 3.97. The summed E-state index contributed by atoms with van der Waals surface area (Å²) < 4.78 is 14.9. The van der Waals surface area contributed by atoms with Crippen molar-refractivity contribution >= 4 is 43.7 Å². The molecule has 6 nitrogen and oxygen atoms in total. The number of para-hydroxylation sites is 4. The summed E-state index contributed by atoms with van der Waals surface area (Å²) in [5, 5.41) is 5.05. The van der Waals surface area contributed by atoms with Gasteiger partial charge in [-0.3, -0.25) is 0 Å². The van der Waals surface area contributed by atoms with E-state index in [0.29, 0.717) is 23.6 Å². The van der Waals surface area contributed by atoms with Crippen LogP contribution in [0, 0.1) is 0 Å². The molecule has 3 aromatic heterocycles. The van der Waals surface area contributed by atoms with Gasteiger partial charge in [0.05, 0.1) is 0 Å². The fraction of sp³-hybridized carbons (Fsp3) is 0.118. The predicted molar refractivity (Wildman–Crippen MR) is 230 cm³/mol. The number of hydrogen-bond donors (Lipinski definition) is 0. The summed E-state index contributed by atoms with van der Waals surface area (Å²) in [4.78, 5) is 13.6. The van der Waals surface area contributed by atoms with Gasteiger partial charge >= 0.3 is 0 Å². The van der Waals surface area contributed by atoms with Crippen molar-refractivity contribution in [2.75, 3.05) is 0 Å². The normalized spacial score (nSPS) is 16.9. The Kier molecular flexibility index (Phi) is 9.21. The number of benzene rings is 7. The van der Waals surface area contributed by atoms with E-state index in [1.54, 1.807) is 6.33 Å². The molecule has 1 saturated carbocycles. The molecule has 0 amide bonds. The Morgan fingerprint density at radius 3 is 1.65 bits per heavy atom. The Morgan fingerprint density at radius 2 is 1.02 bits per heavy atom. The number of rotatable bonds is 3. The van der Waals surface area contributed by atoms with Gasteiger partial charge in [0.25, 0.3) is 0 Å². The van der Waals surface area contributed by atoms with Gasteiger partial charge in [0.1, 0.15) is 29.3 Å². The lowest BCUT2D eigenvalue weighted by Crippen LogP contribution is -2.29. The smallest absolute Gasteiger partial charge is 0.163 e. The van der Waals surface area contributed by atoms with Crippen LogP contribution in [0.15, 0.2) is 193 Å². The number of ether oxygens (including phenoxy) is 1. The van der Waals surface area contributed by atoms with Crippen molar-refractivity contribution in [2.45, 2.75) is 37.3 Å². The lowest BCUT2D eigenvalue weighted by molar-refractivity contribution is 0.135. The van der Waals surface area contributed by atoms with Crippen LogP contribution in [0.5, 0.6) is 5.75 Å². The molecular weight excluding hydrogens is 701 g/mol. The molecule has 7 aromatic carbocycles. The van der Waals surface area contributed by atoms with Gasteiger partial charge in [0.2, 0.25) is 0 Å². The fourth-order valence-corrected chi connectivity index (χ4v) is 8.64. The highest BCUT2D eigenvalue weighted by Crippen LogP contribution is 2.50. The Balaban J connectivity index is 0.000000170. The lowest BCUT2D eigenvalue weighted by Gasteiger charge is -2.32. The summed E-state index contributed by atoms with van der Waals surface area (Å²) in [5.41, 5.74) is 7.82. The minimum Gasteiger partial charge on any atom is -0.489 e. The molecule has 0 spiro atoms. The monoisotopic (exact) mass is 740 g/mol. The molecule has 3 unspecified atom stereocenters. The molecular formula is C51H40N4O2. The third-order valence-corrected chi connectivity index (χ3v) is 11.3. The van der Waals surface area contributed by atoms with Crippen LogP contribution in [0.4, 0.5) is 0 Å². The molecule has 2 aliphatic rings. The highest BCUT2D eigenvalue weighted by atomic mass is 16.5. The van der Waals surface area contributed by atoms with E-state index in [1.165, 1.54) is 38.1 Å². The van der Waals surface area contributed by atoms with Gasteiger partial charge in [-0.2, -0.15) is 0 Å². The van der Waals surface area contributed by atoms with E-state index in [1.807, 2.05) is 103 Å². The van der Waals surface area contributed by atoms with Crippen LogP contribution in [0.25, 0.3) is 66.5 Å². The number of nitrogens with zero attached hydrogens (tertiary/aromatic N) is 4. The number of hydrogen-bond acceptors (Lipinski definition) is 5. The van der Waals surface area contributed by atoms with Gasteiger partial charge in [-0.05, 0) is 43.2 Å². The molecule has 0 radical (unpaired) electrons. The maximum Gasteiger partial charge on any atom is 0.163 e. The van der Waals surface area contributed by atoms with E-state index >= 15 is 0 Å². The van der Waals surface area contributed by atoms with E-state index in [9.17, 15) is 0 Å². The van der Waals surface area contributed by atoms with Gasteiger partial charge in [-0.15, -0.1) is 0 Å². The maximum atomic E-state index is 6.66. The number of fused-ring (bicyclic) bond motifs is 9. The maximum absolute atomic E-state index is 6.66. The molecule has 1 aliphatic heterocycles. The predicted octanol–water partition coefficient (Wildman–Crippen LogP) is 12.9. The number of aromatic nitrogens is 4. The summed E-state index contributed by atoms with van der Waals surface area (Å²) in [7, 11) is 0. The van der Waals surface area contributed by atoms with Gasteiger partial charge < -0.3 is 13.7 Å². The van der Waals surface area contributed by atoms with Crippen molar-refractivity contribution in [3.8, 4) is 28.5 Å². The first-order valence-corrected chi connectivity index (χ1v) is 19.7. The van der Waals surface area contributed by atoms with Gasteiger partial charge in [0, 0.05) is 67.6 Å². The first kappa shape index (κ1) is 34.4. The summed E-state index contributed by atoms with van der Waals surface area (Å²) in [6, 6.07) is 62.7. The molecule has 0 saturated heterocycles. The average molecular weight is 741 g/mol. The zero-order valence-electron chi connectivity index (χ0n) is 31.4. The first-order chi connectivity index (χ1) is 28.3. The van der Waals surface area contributed by atoms with Gasteiger partial charge in [-0.1, -0.05) is 152 Å². The van der Waals surface area contributed by atoms with Crippen molar-refractivity contribution in [1.82, 2.24) is 19.5 Å². The molecule has 0 bridgehead atoms. The van der Waals surface area contributed by atoms with Crippen LogP contribution < -0.4 is 4.74 Å². The summed E-state index contributed by atoms with van der Waals surface area (Å²) in [5.74, 6) is 2.76. The second-order valence-corrected chi connectivity index (χ2v) is 14.6. The highest BCUT2D eigenvalue weighted by molar-refractivity contribution is 6.08. The number of furan rings is 1. The third-order valence-electron chi connectivity index (χ3n) is 11.3. The van der Waals surface area contributed by atoms with E-state index < -0.39 is 0 Å². The van der Waals surface area contributed by atoms with Crippen molar-refractivity contribution in [3.05, 3.63) is 194 Å². The molecule has 1 fully saturated rings. The van der Waals surface area contributed by atoms with Crippen molar-refractivity contribution in [2.24, 2.45) is 0 Å². The Morgan fingerprint density at radius 1 is 0.491 bits per heavy atom. The second kappa shape index (κ2) is 15.2. The Hall–Kier alpha value is -7.05. The molecule has 57 heavy (non-hydrogen) atoms. The molecule has 0 N–H and O–H groups in total. The van der Waals surface area contributed by atoms with E-state index in [-0.39, 0.29) is 6.10 Å². The zero-order valence-corrected chi connectivity index (χ0v) is 31.4.